The molecule has 0 radical (unpaired) electrons. The van der Waals surface area contributed by atoms with E-state index in [4.69, 9.17) is 16.2 Å². The van der Waals surface area contributed by atoms with Crippen molar-refractivity contribution < 1.29 is 4.74 Å². The number of methoxy groups -OCH3 is 1. The molecule has 1 aromatic carbocycles. The molecule has 0 aromatic heterocycles. The third-order valence-corrected chi connectivity index (χ3v) is 5.97. The van der Waals surface area contributed by atoms with E-state index in [1.807, 2.05) is 12.1 Å². The van der Waals surface area contributed by atoms with Crippen molar-refractivity contribution in [1.29, 1.82) is 0 Å². The zero-order valence-corrected chi connectivity index (χ0v) is 17.4. The van der Waals surface area contributed by atoms with E-state index in [-0.39, 0.29) is 0 Å². The number of piperidine rings is 1. The third-order valence-electron chi connectivity index (χ3n) is 5.97. The number of nitrogens with zero attached hydrogens (tertiary/aromatic N) is 4. The Bertz CT molecular complexity index is 716. The number of hydrogen-bond acceptors (Lipinski definition) is 7. The lowest BCUT2D eigenvalue weighted by Gasteiger charge is -2.43. The topological polar surface area (TPSA) is 83.3 Å². The van der Waals surface area contributed by atoms with E-state index >= 15 is 0 Å². The Morgan fingerprint density at radius 2 is 1.82 bits per heavy atom. The van der Waals surface area contributed by atoms with Crippen LogP contribution in [0.4, 0.5) is 11.4 Å². The number of allylic oxidation sites excluding steroid dienone is 1. The molecule has 154 valence electrons. The van der Waals surface area contributed by atoms with Crippen molar-refractivity contribution in [3.8, 4) is 5.75 Å². The Morgan fingerprint density at radius 1 is 1.14 bits per heavy atom. The molecule has 0 amide bonds. The van der Waals surface area contributed by atoms with Gasteiger partial charge < -0.3 is 26.0 Å². The van der Waals surface area contributed by atoms with Crippen molar-refractivity contribution in [3.05, 3.63) is 23.9 Å². The van der Waals surface area contributed by atoms with Crippen LogP contribution in [0, 0.1) is 0 Å². The van der Waals surface area contributed by atoms with Gasteiger partial charge in [-0.05, 0) is 39.0 Å². The van der Waals surface area contributed by atoms with Crippen LogP contribution in [0.2, 0.25) is 0 Å². The SMILES string of the molecule is CN=CC(=CN)c1cc(N)c(OC)cc1N1CCN(C2CCN(C)CC2)CC1. The summed E-state index contributed by atoms with van der Waals surface area (Å²) in [7, 11) is 5.61. The molecule has 2 aliphatic rings. The highest BCUT2D eigenvalue weighted by Crippen LogP contribution is 2.36. The van der Waals surface area contributed by atoms with Crippen molar-refractivity contribution in [2.75, 3.05) is 71.1 Å². The molecule has 4 N–H and O–H groups in total. The Hall–Kier alpha value is -2.25. The van der Waals surface area contributed by atoms with E-state index in [0.717, 1.165) is 43.0 Å². The smallest absolute Gasteiger partial charge is 0.143 e. The van der Waals surface area contributed by atoms with Gasteiger partial charge >= 0.3 is 0 Å². The third kappa shape index (κ3) is 4.42. The van der Waals surface area contributed by atoms with Crippen LogP contribution in [0.1, 0.15) is 18.4 Å². The van der Waals surface area contributed by atoms with E-state index in [0.29, 0.717) is 17.5 Å². The Kier molecular flexibility index (Phi) is 6.80. The monoisotopic (exact) mass is 386 g/mol. The normalized spacial score (nSPS) is 20.8. The van der Waals surface area contributed by atoms with Crippen molar-refractivity contribution in [2.45, 2.75) is 18.9 Å². The number of hydrogen-bond donors (Lipinski definition) is 2. The molecule has 3 rings (SSSR count). The quantitative estimate of drug-likeness (QED) is 0.589. The highest BCUT2D eigenvalue weighted by molar-refractivity contribution is 6.12. The molecule has 2 aliphatic heterocycles. The van der Waals surface area contributed by atoms with Gasteiger partial charge in [0.05, 0.1) is 12.8 Å². The molecule has 2 saturated heterocycles. The first-order valence-electron chi connectivity index (χ1n) is 10.1. The van der Waals surface area contributed by atoms with Crippen molar-refractivity contribution in [1.82, 2.24) is 9.80 Å². The molecule has 1 aromatic rings. The number of likely N-dealkylation sites (tertiary alicyclic amines) is 1. The van der Waals surface area contributed by atoms with Gasteiger partial charge in [-0.15, -0.1) is 0 Å². The fourth-order valence-corrected chi connectivity index (χ4v) is 4.28. The molecule has 0 spiro atoms. The largest absolute Gasteiger partial charge is 0.495 e. The zero-order valence-electron chi connectivity index (χ0n) is 17.4. The summed E-state index contributed by atoms with van der Waals surface area (Å²) in [5.41, 5.74) is 15.6. The Morgan fingerprint density at radius 3 is 2.39 bits per heavy atom. The maximum absolute atomic E-state index is 6.18. The minimum Gasteiger partial charge on any atom is -0.495 e. The van der Waals surface area contributed by atoms with Gasteiger partial charge in [0.2, 0.25) is 0 Å². The first-order valence-corrected chi connectivity index (χ1v) is 10.1. The molecule has 0 atom stereocenters. The Balaban J connectivity index is 1.79. The standard InChI is InChI=1S/C21H34N6O/c1-24-15-16(14-22)18-12-19(23)21(28-3)13-20(18)27-10-8-26(9-11-27)17-4-6-25(2)7-5-17/h12-15,17H,4-11,22-23H2,1-3H3. The summed E-state index contributed by atoms with van der Waals surface area (Å²) in [5, 5.41) is 0. The van der Waals surface area contributed by atoms with Gasteiger partial charge in [-0.2, -0.15) is 0 Å². The van der Waals surface area contributed by atoms with Crippen LogP contribution in [-0.2, 0) is 0 Å². The van der Waals surface area contributed by atoms with Gasteiger partial charge in [-0.1, -0.05) is 0 Å². The second-order valence-electron chi connectivity index (χ2n) is 7.68. The zero-order chi connectivity index (χ0) is 20.1. The molecule has 2 fully saturated rings. The molecule has 28 heavy (non-hydrogen) atoms. The van der Waals surface area contributed by atoms with Gasteiger partial charge in [0, 0.05) is 74.6 Å². The fourth-order valence-electron chi connectivity index (χ4n) is 4.28. The number of rotatable bonds is 5. The predicted molar refractivity (Wildman–Crippen MR) is 118 cm³/mol. The number of aliphatic imine (C=N–C) groups is 1. The number of ether oxygens (including phenoxy) is 1. The van der Waals surface area contributed by atoms with Crippen molar-refractivity contribution in [3.63, 3.8) is 0 Å². The summed E-state index contributed by atoms with van der Waals surface area (Å²) in [4.78, 5) is 11.6. The highest BCUT2D eigenvalue weighted by atomic mass is 16.5. The number of anilines is 2. The van der Waals surface area contributed by atoms with Gasteiger partial charge in [0.15, 0.2) is 0 Å². The number of nitrogen functional groups attached to an aromatic ring is 1. The van der Waals surface area contributed by atoms with Crippen molar-refractivity contribution in [2.24, 2.45) is 10.7 Å². The molecular weight excluding hydrogens is 352 g/mol. The minimum absolute atomic E-state index is 0.607. The maximum atomic E-state index is 6.18. The van der Waals surface area contributed by atoms with Crippen LogP contribution in [0.15, 0.2) is 23.3 Å². The summed E-state index contributed by atoms with van der Waals surface area (Å²) >= 11 is 0. The lowest BCUT2D eigenvalue weighted by atomic mass is 10.0. The number of benzene rings is 1. The molecule has 2 heterocycles. The number of piperazine rings is 1. The van der Waals surface area contributed by atoms with Gasteiger partial charge in [0.1, 0.15) is 5.75 Å². The second kappa shape index (κ2) is 9.30. The molecule has 7 nitrogen and oxygen atoms in total. The summed E-state index contributed by atoms with van der Waals surface area (Å²) in [6.45, 7) is 6.51. The summed E-state index contributed by atoms with van der Waals surface area (Å²) in [5.74, 6) is 0.696. The Labute approximate surface area is 168 Å². The summed E-state index contributed by atoms with van der Waals surface area (Å²) in [6, 6.07) is 4.69. The van der Waals surface area contributed by atoms with E-state index in [1.165, 1.54) is 25.9 Å². The van der Waals surface area contributed by atoms with Gasteiger partial charge in [-0.3, -0.25) is 9.89 Å². The first kappa shape index (κ1) is 20.5. The fraction of sp³-hybridized carbons (Fsp3) is 0.571. The van der Waals surface area contributed by atoms with E-state index in [9.17, 15) is 0 Å². The summed E-state index contributed by atoms with van der Waals surface area (Å²) in [6.07, 6.45) is 5.90. The van der Waals surface area contributed by atoms with E-state index in [1.54, 1.807) is 26.6 Å². The number of nitrogens with two attached hydrogens (primary N) is 2. The predicted octanol–water partition coefficient (Wildman–Crippen LogP) is 1.49. The minimum atomic E-state index is 0.607. The molecule has 0 aliphatic carbocycles. The van der Waals surface area contributed by atoms with Crippen molar-refractivity contribution >= 4 is 23.2 Å². The summed E-state index contributed by atoms with van der Waals surface area (Å²) < 4.78 is 5.48. The van der Waals surface area contributed by atoms with E-state index in [2.05, 4.69) is 26.7 Å². The van der Waals surface area contributed by atoms with Crippen LogP contribution in [-0.4, -0.2) is 82.5 Å². The van der Waals surface area contributed by atoms with Crippen LogP contribution in [0.3, 0.4) is 0 Å². The second-order valence-corrected chi connectivity index (χ2v) is 7.68. The van der Waals surface area contributed by atoms with Crippen LogP contribution >= 0.6 is 0 Å². The van der Waals surface area contributed by atoms with E-state index < -0.39 is 0 Å². The molecule has 0 bridgehead atoms. The molecule has 7 heteroatoms. The van der Waals surface area contributed by atoms with Crippen LogP contribution in [0.25, 0.3) is 5.57 Å². The van der Waals surface area contributed by atoms with Crippen LogP contribution in [0.5, 0.6) is 5.75 Å². The lowest BCUT2D eigenvalue weighted by Crippen LogP contribution is -2.53. The highest BCUT2D eigenvalue weighted by Gasteiger charge is 2.28. The van der Waals surface area contributed by atoms with Gasteiger partial charge in [-0.25, -0.2) is 0 Å². The van der Waals surface area contributed by atoms with Gasteiger partial charge in [0.25, 0.3) is 0 Å². The van der Waals surface area contributed by atoms with Crippen LogP contribution < -0.4 is 21.1 Å². The average Bonchev–Trinajstić information content (AvgIpc) is 2.72. The molecule has 0 saturated carbocycles. The maximum Gasteiger partial charge on any atom is 0.143 e. The lowest BCUT2D eigenvalue weighted by molar-refractivity contribution is 0.115. The molecule has 0 unspecified atom stereocenters. The first-order chi connectivity index (χ1) is 13.6. The molecular formula is C21H34N6O. The average molecular weight is 387 g/mol.